The van der Waals surface area contributed by atoms with E-state index in [2.05, 4.69) is 4.99 Å². The van der Waals surface area contributed by atoms with Crippen LogP contribution in [0, 0.1) is 5.92 Å². The van der Waals surface area contributed by atoms with Crippen LogP contribution in [0.5, 0.6) is 0 Å². The second-order valence-corrected chi connectivity index (χ2v) is 4.09. The van der Waals surface area contributed by atoms with Gasteiger partial charge in [-0.15, -0.1) is 0 Å². The number of hydrogen-bond acceptors (Lipinski definition) is 2. The average molecular weight is 157 g/mol. The van der Waals surface area contributed by atoms with Crippen LogP contribution in [-0.4, -0.2) is 16.2 Å². The van der Waals surface area contributed by atoms with E-state index in [0.29, 0.717) is 5.92 Å². The summed E-state index contributed by atoms with van der Waals surface area (Å²) in [5, 5.41) is 0.990. The van der Waals surface area contributed by atoms with Gasteiger partial charge in [0.15, 0.2) is 0 Å². The minimum Gasteiger partial charge on any atom is -0.271 e. The SMILES string of the molecule is CC1=NC(=O)C(C(C)C)S1. The van der Waals surface area contributed by atoms with Crippen LogP contribution < -0.4 is 0 Å². The largest absolute Gasteiger partial charge is 0.271 e. The molecule has 2 nitrogen and oxygen atoms in total. The smallest absolute Gasteiger partial charge is 0.260 e. The van der Waals surface area contributed by atoms with Crippen LogP contribution in [0.2, 0.25) is 0 Å². The highest BCUT2D eigenvalue weighted by Gasteiger charge is 2.28. The lowest BCUT2D eigenvalue weighted by molar-refractivity contribution is -0.117. The van der Waals surface area contributed by atoms with Crippen LogP contribution in [0.1, 0.15) is 20.8 Å². The Bertz CT molecular complexity index is 186. The molecule has 1 amide bonds. The van der Waals surface area contributed by atoms with E-state index in [4.69, 9.17) is 0 Å². The maximum atomic E-state index is 11.0. The molecule has 0 saturated heterocycles. The van der Waals surface area contributed by atoms with Gasteiger partial charge in [0.1, 0.15) is 0 Å². The Kier molecular flexibility index (Phi) is 2.14. The van der Waals surface area contributed by atoms with E-state index in [0.717, 1.165) is 5.04 Å². The summed E-state index contributed by atoms with van der Waals surface area (Å²) in [5.41, 5.74) is 0. The van der Waals surface area contributed by atoms with Gasteiger partial charge >= 0.3 is 0 Å². The van der Waals surface area contributed by atoms with Crippen molar-refractivity contribution in [2.24, 2.45) is 10.9 Å². The predicted molar refractivity (Wildman–Crippen MR) is 44.3 cm³/mol. The van der Waals surface area contributed by atoms with Crippen LogP contribution >= 0.6 is 11.8 Å². The summed E-state index contributed by atoms with van der Waals surface area (Å²) < 4.78 is 0. The first kappa shape index (κ1) is 7.79. The number of hydrogen-bond donors (Lipinski definition) is 0. The van der Waals surface area contributed by atoms with Crippen LogP contribution in [-0.2, 0) is 4.79 Å². The number of nitrogens with zero attached hydrogens (tertiary/aromatic N) is 1. The van der Waals surface area contributed by atoms with E-state index in [1.165, 1.54) is 0 Å². The lowest BCUT2D eigenvalue weighted by Gasteiger charge is -2.08. The van der Waals surface area contributed by atoms with Crippen molar-refractivity contribution in [3.05, 3.63) is 0 Å². The predicted octanol–water partition coefficient (Wildman–Crippen LogP) is 1.70. The first-order valence-corrected chi connectivity index (χ1v) is 4.25. The number of rotatable bonds is 1. The van der Waals surface area contributed by atoms with Gasteiger partial charge in [0.25, 0.3) is 5.91 Å². The Labute approximate surface area is 65.1 Å². The third-order valence-electron chi connectivity index (χ3n) is 1.41. The minimum absolute atomic E-state index is 0.0394. The fourth-order valence-electron chi connectivity index (χ4n) is 0.901. The molecule has 10 heavy (non-hydrogen) atoms. The van der Waals surface area contributed by atoms with Gasteiger partial charge in [0.05, 0.1) is 10.3 Å². The zero-order valence-electron chi connectivity index (χ0n) is 6.42. The van der Waals surface area contributed by atoms with Gasteiger partial charge in [0.2, 0.25) is 0 Å². The van der Waals surface area contributed by atoms with E-state index < -0.39 is 0 Å². The second kappa shape index (κ2) is 2.74. The van der Waals surface area contributed by atoms with Crippen LogP contribution in [0.25, 0.3) is 0 Å². The van der Waals surface area contributed by atoms with Crippen molar-refractivity contribution in [3.8, 4) is 0 Å². The van der Waals surface area contributed by atoms with Crippen molar-refractivity contribution in [2.45, 2.75) is 26.0 Å². The summed E-state index contributed by atoms with van der Waals surface area (Å²) in [6, 6.07) is 0. The van der Waals surface area contributed by atoms with Crippen molar-refractivity contribution in [1.29, 1.82) is 0 Å². The summed E-state index contributed by atoms with van der Waals surface area (Å²) in [7, 11) is 0. The first-order valence-electron chi connectivity index (χ1n) is 3.37. The molecular weight excluding hydrogens is 146 g/mol. The molecule has 1 atom stereocenters. The molecule has 0 radical (unpaired) electrons. The van der Waals surface area contributed by atoms with Gasteiger partial charge in [-0.2, -0.15) is 0 Å². The quantitative estimate of drug-likeness (QED) is 0.579. The van der Waals surface area contributed by atoms with Crippen molar-refractivity contribution in [1.82, 2.24) is 0 Å². The number of thioether (sulfide) groups is 1. The van der Waals surface area contributed by atoms with E-state index in [-0.39, 0.29) is 11.2 Å². The summed E-state index contributed by atoms with van der Waals surface area (Å²) in [4.78, 5) is 14.9. The molecule has 1 aliphatic heterocycles. The Morgan fingerprint density at radius 3 is 2.40 bits per heavy atom. The van der Waals surface area contributed by atoms with Gasteiger partial charge < -0.3 is 0 Å². The highest BCUT2D eigenvalue weighted by Crippen LogP contribution is 2.27. The van der Waals surface area contributed by atoms with Crippen LogP contribution in [0.3, 0.4) is 0 Å². The van der Waals surface area contributed by atoms with Gasteiger partial charge in [-0.1, -0.05) is 25.6 Å². The Morgan fingerprint density at radius 2 is 2.20 bits per heavy atom. The summed E-state index contributed by atoms with van der Waals surface area (Å²) in [5.74, 6) is 0.441. The summed E-state index contributed by atoms with van der Waals surface area (Å²) in [6.07, 6.45) is 0. The lowest BCUT2D eigenvalue weighted by Crippen LogP contribution is -2.17. The zero-order valence-corrected chi connectivity index (χ0v) is 7.23. The normalized spacial score (nSPS) is 25.8. The van der Waals surface area contributed by atoms with Gasteiger partial charge in [-0.3, -0.25) is 4.79 Å². The monoisotopic (exact) mass is 157 g/mol. The highest BCUT2D eigenvalue weighted by molar-refractivity contribution is 8.15. The fraction of sp³-hybridized carbons (Fsp3) is 0.714. The van der Waals surface area contributed by atoms with Gasteiger partial charge in [0, 0.05) is 0 Å². The second-order valence-electron chi connectivity index (χ2n) is 2.75. The number of carbonyl (C=O) groups is 1. The molecule has 1 unspecified atom stereocenters. The van der Waals surface area contributed by atoms with Gasteiger partial charge in [-0.05, 0) is 12.8 Å². The van der Waals surface area contributed by atoms with Crippen molar-refractivity contribution in [3.63, 3.8) is 0 Å². The molecule has 0 aromatic heterocycles. The summed E-state index contributed by atoms with van der Waals surface area (Å²) >= 11 is 1.58. The van der Waals surface area contributed by atoms with Crippen molar-refractivity contribution >= 4 is 22.7 Å². The number of carbonyl (C=O) groups excluding carboxylic acids is 1. The van der Waals surface area contributed by atoms with Gasteiger partial charge in [-0.25, -0.2) is 4.99 Å². The number of aliphatic imine (C=N–C) groups is 1. The van der Waals surface area contributed by atoms with Crippen LogP contribution in [0.4, 0.5) is 0 Å². The maximum Gasteiger partial charge on any atom is 0.260 e. The molecule has 0 bridgehead atoms. The molecule has 1 heterocycles. The molecule has 3 heteroatoms. The van der Waals surface area contributed by atoms with E-state index in [9.17, 15) is 4.79 Å². The highest BCUT2D eigenvalue weighted by atomic mass is 32.2. The first-order chi connectivity index (χ1) is 4.61. The molecule has 0 fully saturated rings. The zero-order chi connectivity index (χ0) is 7.72. The van der Waals surface area contributed by atoms with Crippen molar-refractivity contribution < 1.29 is 4.79 Å². The molecule has 0 spiro atoms. The van der Waals surface area contributed by atoms with E-state index >= 15 is 0 Å². The minimum atomic E-state index is 0.0394. The standard InChI is InChI=1S/C7H11NOS/c1-4(2)6-7(9)8-5(3)10-6/h4,6H,1-3H3. The van der Waals surface area contributed by atoms with E-state index in [1.807, 2.05) is 20.8 Å². The maximum absolute atomic E-state index is 11.0. The van der Waals surface area contributed by atoms with Crippen molar-refractivity contribution in [2.75, 3.05) is 0 Å². The lowest BCUT2D eigenvalue weighted by atomic mass is 10.1. The molecule has 1 rings (SSSR count). The molecular formula is C7H11NOS. The Balaban J connectivity index is 2.64. The molecule has 0 saturated carbocycles. The third-order valence-corrected chi connectivity index (χ3v) is 2.85. The third kappa shape index (κ3) is 1.40. The Hall–Kier alpha value is -0.310. The number of amides is 1. The fourth-order valence-corrected chi connectivity index (χ4v) is 1.84. The van der Waals surface area contributed by atoms with E-state index in [1.54, 1.807) is 11.8 Å². The average Bonchev–Trinajstić information content (AvgIpc) is 2.10. The molecule has 1 aliphatic rings. The Morgan fingerprint density at radius 1 is 1.60 bits per heavy atom. The molecule has 0 N–H and O–H groups in total. The molecule has 0 aliphatic carbocycles. The topological polar surface area (TPSA) is 29.4 Å². The molecule has 0 aromatic carbocycles. The van der Waals surface area contributed by atoms with Crippen LogP contribution in [0.15, 0.2) is 4.99 Å². The summed E-state index contributed by atoms with van der Waals surface area (Å²) in [6.45, 7) is 5.97. The molecule has 56 valence electrons. The molecule has 0 aromatic rings.